The number of likely N-dealkylation sites (N-methyl/N-ethyl adjacent to an activating group) is 1. The Morgan fingerprint density at radius 2 is 2.36 bits per heavy atom. The van der Waals surface area contributed by atoms with Crippen molar-refractivity contribution in [2.24, 2.45) is 0 Å². The maximum atomic E-state index is 11.7. The highest BCUT2D eigenvalue weighted by atomic mass is 32.1. The van der Waals surface area contributed by atoms with Crippen molar-refractivity contribution in [2.75, 3.05) is 20.3 Å². The molecule has 3 atom stereocenters. The molecule has 1 saturated heterocycles. The highest BCUT2D eigenvalue weighted by molar-refractivity contribution is 7.81. The van der Waals surface area contributed by atoms with Crippen LogP contribution in [-0.4, -0.2) is 53.6 Å². The molecule has 1 fully saturated rings. The third kappa shape index (κ3) is 2.40. The van der Waals surface area contributed by atoms with Crippen molar-refractivity contribution in [1.82, 2.24) is 4.90 Å². The Morgan fingerprint density at radius 3 is 2.79 bits per heavy atom. The summed E-state index contributed by atoms with van der Waals surface area (Å²) in [4.78, 5) is 13.2. The lowest BCUT2D eigenvalue weighted by Crippen LogP contribution is -2.46. The zero-order valence-electron chi connectivity index (χ0n) is 8.51. The van der Waals surface area contributed by atoms with Crippen LogP contribution in [-0.2, 0) is 9.53 Å². The van der Waals surface area contributed by atoms with Gasteiger partial charge in [-0.1, -0.05) is 6.92 Å². The molecule has 1 N–H and O–H groups in total. The fourth-order valence-electron chi connectivity index (χ4n) is 1.47. The van der Waals surface area contributed by atoms with E-state index in [-0.39, 0.29) is 17.2 Å². The van der Waals surface area contributed by atoms with Gasteiger partial charge in [-0.2, -0.15) is 12.6 Å². The average Bonchev–Trinajstić information content (AvgIpc) is 2.61. The highest BCUT2D eigenvalue weighted by Gasteiger charge is 2.33. The Labute approximate surface area is 89.6 Å². The van der Waals surface area contributed by atoms with E-state index in [1.54, 1.807) is 11.9 Å². The Hall–Kier alpha value is -0.260. The monoisotopic (exact) mass is 219 g/mol. The van der Waals surface area contributed by atoms with Gasteiger partial charge < -0.3 is 14.7 Å². The van der Waals surface area contributed by atoms with E-state index in [2.05, 4.69) is 12.6 Å². The van der Waals surface area contributed by atoms with Crippen LogP contribution >= 0.6 is 12.6 Å². The molecule has 3 unspecified atom stereocenters. The zero-order valence-corrected chi connectivity index (χ0v) is 9.41. The van der Waals surface area contributed by atoms with Gasteiger partial charge in [-0.25, -0.2) is 0 Å². The van der Waals surface area contributed by atoms with Crippen LogP contribution in [0.4, 0.5) is 0 Å². The zero-order chi connectivity index (χ0) is 10.7. The van der Waals surface area contributed by atoms with E-state index in [1.807, 2.05) is 6.92 Å². The number of hydrogen-bond donors (Lipinski definition) is 2. The molecule has 0 aromatic heterocycles. The minimum atomic E-state index is -0.568. The number of thiol groups is 1. The number of amides is 1. The standard InChI is InChI=1S/C9H17NO3S/c1-3-8(14)9(12)10(2)6-4-13-5-7(6)11/h6-8,11,14H,3-5H2,1-2H3. The van der Waals surface area contributed by atoms with E-state index in [1.165, 1.54) is 0 Å². The van der Waals surface area contributed by atoms with Gasteiger partial charge in [0.1, 0.15) is 0 Å². The van der Waals surface area contributed by atoms with Crippen molar-refractivity contribution in [1.29, 1.82) is 0 Å². The molecule has 0 bridgehead atoms. The molecule has 0 aromatic carbocycles. The molecule has 1 aliphatic heterocycles. The number of aliphatic hydroxyl groups excluding tert-OH is 1. The van der Waals surface area contributed by atoms with Gasteiger partial charge in [-0.3, -0.25) is 4.79 Å². The second kappa shape index (κ2) is 5.00. The first kappa shape index (κ1) is 11.8. The second-order valence-corrected chi connectivity index (χ2v) is 4.17. The first-order valence-electron chi connectivity index (χ1n) is 4.78. The van der Waals surface area contributed by atoms with Crippen molar-refractivity contribution in [3.63, 3.8) is 0 Å². The maximum absolute atomic E-state index is 11.7. The minimum absolute atomic E-state index is 0.0506. The summed E-state index contributed by atoms with van der Waals surface area (Å²) in [5.74, 6) is -0.0506. The van der Waals surface area contributed by atoms with Gasteiger partial charge in [0.15, 0.2) is 0 Å². The molecule has 1 aliphatic rings. The number of aliphatic hydroxyl groups is 1. The molecule has 1 rings (SSSR count). The molecule has 0 spiro atoms. The third-order valence-electron chi connectivity index (χ3n) is 2.54. The van der Waals surface area contributed by atoms with E-state index in [0.29, 0.717) is 19.6 Å². The van der Waals surface area contributed by atoms with Crippen LogP contribution < -0.4 is 0 Å². The normalized spacial score (nSPS) is 28.9. The Bertz CT molecular complexity index is 212. The molecule has 0 radical (unpaired) electrons. The first-order chi connectivity index (χ1) is 6.57. The summed E-state index contributed by atoms with van der Waals surface area (Å²) in [7, 11) is 1.68. The molecular weight excluding hydrogens is 202 g/mol. The lowest BCUT2D eigenvalue weighted by atomic mass is 10.1. The van der Waals surface area contributed by atoms with Gasteiger partial charge in [-0.15, -0.1) is 0 Å². The van der Waals surface area contributed by atoms with Crippen LogP contribution in [0.25, 0.3) is 0 Å². The Balaban J connectivity index is 2.55. The molecule has 5 heteroatoms. The van der Waals surface area contributed by atoms with Crippen molar-refractivity contribution in [2.45, 2.75) is 30.7 Å². The van der Waals surface area contributed by atoms with Crippen LogP contribution in [0.5, 0.6) is 0 Å². The van der Waals surface area contributed by atoms with E-state index in [0.717, 1.165) is 0 Å². The largest absolute Gasteiger partial charge is 0.388 e. The summed E-state index contributed by atoms with van der Waals surface area (Å²) in [6, 6.07) is -0.219. The molecule has 4 nitrogen and oxygen atoms in total. The Morgan fingerprint density at radius 1 is 1.71 bits per heavy atom. The highest BCUT2D eigenvalue weighted by Crippen LogP contribution is 2.15. The van der Waals surface area contributed by atoms with Gasteiger partial charge in [0.2, 0.25) is 5.91 Å². The van der Waals surface area contributed by atoms with E-state index in [9.17, 15) is 9.90 Å². The summed E-state index contributed by atoms with van der Waals surface area (Å²) < 4.78 is 5.09. The van der Waals surface area contributed by atoms with Crippen LogP contribution in [0, 0.1) is 0 Å². The number of carbonyl (C=O) groups is 1. The summed E-state index contributed by atoms with van der Waals surface area (Å²) in [5, 5.41) is 9.23. The van der Waals surface area contributed by atoms with Crippen molar-refractivity contribution in [3.05, 3.63) is 0 Å². The Kier molecular flexibility index (Phi) is 4.22. The number of nitrogens with zero attached hydrogens (tertiary/aromatic N) is 1. The molecule has 1 amide bonds. The second-order valence-electron chi connectivity index (χ2n) is 3.55. The molecule has 14 heavy (non-hydrogen) atoms. The molecule has 82 valence electrons. The first-order valence-corrected chi connectivity index (χ1v) is 5.30. The molecular formula is C9H17NO3S. The van der Waals surface area contributed by atoms with E-state index < -0.39 is 6.10 Å². The van der Waals surface area contributed by atoms with Crippen molar-refractivity contribution >= 4 is 18.5 Å². The van der Waals surface area contributed by atoms with Crippen LogP contribution in [0.15, 0.2) is 0 Å². The lowest BCUT2D eigenvalue weighted by molar-refractivity contribution is -0.132. The predicted molar refractivity (Wildman–Crippen MR) is 56.4 cm³/mol. The number of rotatable bonds is 3. The van der Waals surface area contributed by atoms with Gasteiger partial charge in [0, 0.05) is 7.05 Å². The third-order valence-corrected chi connectivity index (χ3v) is 3.12. The summed E-state index contributed by atoms with van der Waals surface area (Å²) in [5.41, 5.74) is 0. The lowest BCUT2D eigenvalue weighted by Gasteiger charge is -2.27. The summed E-state index contributed by atoms with van der Waals surface area (Å²) in [6.45, 7) is 2.63. The van der Waals surface area contributed by atoms with Crippen molar-refractivity contribution < 1.29 is 14.6 Å². The SMILES string of the molecule is CCC(S)C(=O)N(C)C1COCC1O. The molecule has 1 heterocycles. The fourth-order valence-corrected chi connectivity index (χ4v) is 1.66. The summed E-state index contributed by atoms with van der Waals surface area (Å²) in [6.07, 6.45) is 0.122. The molecule has 0 saturated carbocycles. The van der Waals surface area contributed by atoms with Crippen LogP contribution in [0.1, 0.15) is 13.3 Å². The topological polar surface area (TPSA) is 49.8 Å². The quantitative estimate of drug-likeness (QED) is 0.652. The average molecular weight is 219 g/mol. The van der Waals surface area contributed by atoms with E-state index in [4.69, 9.17) is 4.74 Å². The number of hydrogen-bond acceptors (Lipinski definition) is 4. The van der Waals surface area contributed by atoms with Gasteiger partial charge in [0.05, 0.1) is 30.6 Å². The summed E-state index contributed by atoms with van der Waals surface area (Å²) >= 11 is 4.17. The molecule has 0 aromatic rings. The van der Waals surface area contributed by atoms with E-state index >= 15 is 0 Å². The van der Waals surface area contributed by atoms with Crippen LogP contribution in [0.3, 0.4) is 0 Å². The predicted octanol–water partition coefficient (Wildman–Crippen LogP) is -0.0871. The maximum Gasteiger partial charge on any atom is 0.235 e. The van der Waals surface area contributed by atoms with Gasteiger partial charge in [0.25, 0.3) is 0 Å². The van der Waals surface area contributed by atoms with Gasteiger partial charge >= 0.3 is 0 Å². The number of ether oxygens (including phenoxy) is 1. The minimum Gasteiger partial charge on any atom is -0.388 e. The van der Waals surface area contributed by atoms with Crippen LogP contribution in [0.2, 0.25) is 0 Å². The molecule has 0 aliphatic carbocycles. The smallest absolute Gasteiger partial charge is 0.235 e. The number of carbonyl (C=O) groups excluding carboxylic acids is 1. The van der Waals surface area contributed by atoms with Crippen molar-refractivity contribution in [3.8, 4) is 0 Å². The fraction of sp³-hybridized carbons (Fsp3) is 0.889. The van der Waals surface area contributed by atoms with Gasteiger partial charge in [-0.05, 0) is 6.42 Å².